The number of likely N-dealkylation sites (tertiary alicyclic amines) is 1. The maximum absolute atomic E-state index is 12.5. The summed E-state index contributed by atoms with van der Waals surface area (Å²) in [7, 11) is -1.55. The van der Waals surface area contributed by atoms with Crippen molar-refractivity contribution in [2.75, 3.05) is 20.1 Å². The van der Waals surface area contributed by atoms with Crippen LogP contribution in [0, 0.1) is 0 Å². The quantitative estimate of drug-likeness (QED) is 0.817. The molecule has 1 unspecified atom stereocenters. The average Bonchev–Trinajstić information content (AvgIpc) is 3.37. The highest BCUT2D eigenvalue weighted by Crippen LogP contribution is 2.22. The number of carbonyl (C=O) groups excluding carboxylic acids is 1. The van der Waals surface area contributed by atoms with Gasteiger partial charge in [-0.1, -0.05) is 0 Å². The highest BCUT2D eigenvalue weighted by molar-refractivity contribution is 7.89. The minimum Gasteiger partial charge on any atom is -0.337 e. The topological polar surface area (TPSA) is 78.5 Å². The van der Waals surface area contributed by atoms with Crippen molar-refractivity contribution in [2.24, 2.45) is 0 Å². The molecular formula is C16H24ClN3O3S. The number of amides is 1. The second kappa shape index (κ2) is 7.82. The van der Waals surface area contributed by atoms with E-state index in [1.165, 1.54) is 12.1 Å². The molecule has 1 aromatic carbocycles. The molecule has 1 aromatic rings. The van der Waals surface area contributed by atoms with Crippen molar-refractivity contribution in [3.8, 4) is 0 Å². The lowest BCUT2D eigenvalue weighted by Crippen LogP contribution is -2.46. The van der Waals surface area contributed by atoms with Crippen molar-refractivity contribution in [1.82, 2.24) is 14.9 Å². The van der Waals surface area contributed by atoms with Gasteiger partial charge in [0, 0.05) is 30.7 Å². The molecule has 1 heterocycles. The predicted octanol–water partition coefficient (Wildman–Crippen LogP) is 1.37. The Morgan fingerprint density at radius 2 is 1.79 bits per heavy atom. The third-order valence-electron chi connectivity index (χ3n) is 4.43. The van der Waals surface area contributed by atoms with E-state index in [2.05, 4.69) is 10.0 Å². The molecule has 1 atom stereocenters. The van der Waals surface area contributed by atoms with E-state index in [1.807, 2.05) is 11.9 Å². The number of nitrogens with zero attached hydrogens (tertiary/aromatic N) is 1. The summed E-state index contributed by atoms with van der Waals surface area (Å²) in [5.41, 5.74) is 0.534. The molecule has 0 bridgehead atoms. The number of likely N-dealkylation sites (N-methyl/N-ethyl adjacent to an activating group) is 1. The Hall–Kier alpha value is -1.15. The number of nitrogens with one attached hydrogen (secondary N) is 2. The fourth-order valence-corrected chi connectivity index (χ4v) is 4.15. The van der Waals surface area contributed by atoms with Gasteiger partial charge in [0.2, 0.25) is 10.0 Å². The molecule has 1 aliphatic carbocycles. The summed E-state index contributed by atoms with van der Waals surface area (Å²) in [6.07, 6.45) is 3.86. The van der Waals surface area contributed by atoms with Gasteiger partial charge >= 0.3 is 0 Å². The number of hydrogen-bond acceptors (Lipinski definition) is 4. The highest BCUT2D eigenvalue weighted by Gasteiger charge is 2.28. The van der Waals surface area contributed by atoms with Gasteiger partial charge in [0.1, 0.15) is 0 Å². The normalized spacial score (nSPS) is 21.2. The molecule has 1 saturated heterocycles. The number of benzene rings is 1. The summed E-state index contributed by atoms with van der Waals surface area (Å²) in [6, 6.07) is 6.64. The zero-order valence-electron chi connectivity index (χ0n) is 13.7. The molecule has 2 fully saturated rings. The van der Waals surface area contributed by atoms with Crippen molar-refractivity contribution in [3.05, 3.63) is 29.8 Å². The van der Waals surface area contributed by atoms with Crippen molar-refractivity contribution in [1.29, 1.82) is 0 Å². The van der Waals surface area contributed by atoms with E-state index in [0.717, 1.165) is 32.2 Å². The second-order valence-electron chi connectivity index (χ2n) is 6.30. The van der Waals surface area contributed by atoms with E-state index < -0.39 is 10.0 Å². The first-order chi connectivity index (χ1) is 11.0. The number of carbonyl (C=O) groups is 1. The Balaban J connectivity index is 0.00000208. The lowest BCUT2D eigenvalue weighted by molar-refractivity contribution is 0.0698. The van der Waals surface area contributed by atoms with E-state index in [-0.39, 0.29) is 29.3 Å². The van der Waals surface area contributed by atoms with E-state index in [1.54, 1.807) is 12.1 Å². The van der Waals surface area contributed by atoms with Crippen LogP contribution in [-0.4, -0.2) is 51.4 Å². The summed E-state index contributed by atoms with van der Waals surface area (Å²) >= 11 is 0. The first-order valence-electron chi connectivity index (χ1n) is 8.08. The van der Waals surface area contributed by atoms with Crippen LogP contribution in [0.5, 0.6) is 0 Å². The van der Waals surface area contributed by atoms with Crippen LogP contribution < -0.4 is 10.0 Å². The van der Waals surface area contributed by atoms with Gasteiger partial charge in [-0.2, -0.15) is 0 Å². The second-order valence-corrected chi connectivity index (χ2v) is 8.01. The van der Waals surface area contributed by atoms with Crippen molar-refractivity contribution in [2.45, 2.75) is 42.7 Å². The summed E-state index contributed by atoms with van der Waals surface area (Å²) in [6.45, 7) is 1.44. The number of sulfonamides is 1. The van der Waals surface area contributed by atoms with Crippen LogP contribution in [0.2, 0.25) is 0 Å². The Labute approximate surface area is 149 Å². The molecule has 2 aliphatic rings. The largest absolute Gasteiger partial charge is 0.337 e. The molecule has 0 radical (unpaired) electrons. The summed E-state index contributed by atoms with van der Waals surface area (Å²) in [5.74, 6) is -0.0379. The van der Waals surface area contributed by atoms with Crippen LogP contribution in [0.15, 0.2) is 29.2 Å². The molecule has 1 saturated carbocycles. The van der Waals surface area contributed by atoms with Crippen LogP contribution >= 0.6 is 12.4 Å². The average molecular weight is 374 g/mol. The van der Waals surface area contributed by atoms with Gasteiger partial charge in [-0.15, -0.1) is 12.4 Å². The van der Waals surface area contributed by atoms with Crippen molar-refractivity contribution >= 4 is 28.3 Å². The lowest BCUT2D eigenvalue weighted by atomic mass is 10.0. The van der Waals surface area contributed by atoms with Crippen LogP contribution in [-0.2, 0) is 10.0 Å². The molecule has 3 rings (SSSR count). The number of rotatable bonds is 5. The Morgan fingerprint density at radius 3 is 2.38 bits per heavy atom. The van der Waals surface area contributed by atoms with E-state index in [9.17, 15) is 13.2 Å². The molecule has 2 N–H and O–H groups in total. The summed E-state index contributed by atoms with van der Waals surface area (Å²) < 4.78 is 26.9. The molecular weight excluding hydrogens is 350 g/mol. The molecule has 6 nitrogen and oxygen atoms in total. The number of halogens is 1. The fraction of sp³-hybridized carbons (Fsp3) is 0.562. The number of hydrogen-bond donors (Lipinski definition) is 2. The standard InChI is InChI=1S/C16H23N3O3S.ClH/c1-17-14-3-2-10-19(11-14)16(20)12-4-8-15(9-5-12)23(21,22)18-13-6-7-13;/h4-5,8-9,13-14,17-18H,2-3,6-7,10-11H2,1H3;1H. The first-order valence-corrected chi connectivity index (χ1v) is 9.57. The molecule has 24 heavy (non-hydrogen) atoms. The monoisotopic (exact) mass is 373 g/mol. The van der Waals surface area contributed by atoms with Crippen molar-refractivity contribution in [3.63, 3.8) is 0 Å². The molecule has 1 amide bonds. The Kier molecular flexibility index (Phi) is 6.25. The third-order valence-corrected chi connectivity index (χ3v) is 5.96. The van der Waals surface area contributed by atoms with Crippen LogP contribution in [0.1, 0.15) is 36.0 Å². The zero-order chi connectivity index (χ0) is 16.4. The van der Waals surface area contributed by atoms with Crippen LogP contribution in [0.25, 0.3) is 0 Å². The third kappa shape index (κ3) is 4.47. The predicted molar refractivity (Wildman–Crippen MR) is 95.0 cm³/mol. The molecule has 134 valence electrons. The van der Waals surface area contributed by atoms with Crippen LogP contribution in [0.4, 0.5) is 0 Å². The maximum atomic E-state index is 12.5. The van der Waals surface area contributed by atoms with Gasteiger partial charge in [0.25, 0.3) is 5.91 Å². The molecule has 1 aliphatic heterocycles. The molecule has 0 spiro atoms. The first kappa shape index (κ1) is 19.2. The minimum absolute atomic E-state index is 0. The van der Waals surface area contributed by atoms with Gasteiger partial charge < -0.3 is 10.2 Å². The Bertz CT molecular complexity index is 674. The smallest absolute Gasteiger partial charge is 0.253 e. The van der Waals surface area contributed by atoms with Gasteiger partial charge in [0.05, 0.1) is 4.90 Å². The number of piperidine rings is 1. The van der Waals surface area contributed by atoms with E-state index in [0.29, 0.717) is 18.2 Å². The SMILES string of the molecule is CNC1CCCN(C(=O)c2ccc(S(=O)(=O)NC3CC3)cc2)C1.Cl. The van der Waals surface area contributed by atoms with E-state index >= 15 is 0 Å². The highest BCUT2D eigenvalue weighted by atomic mass is 35.5. The van der Waals surface area contributed by atoms with Gasteiger partial charge in [-0.25, -0.2) is 13.1 Å². The van der Waals surface area contributed by atoms with Gasteiger partial charge in [0.15, 0.2) is 0 Å². The van der Waals surface area contributed by atoms with Gasteiger partial charge in [-0.05, 0) is 57.0 Å². The lowest BCUT2D eigenvalue weighted by Gasteiger charge is -2.32. The minimum atomic E-state index is -3.46. The summed E-state index contributed by atoms with van der Waals surface area (Å²) in [4.78, 5) is 14.6. The zero-order valence-corrected chi connectivity index (χ0v) is 15.3. The maximum Gasteiger partial charge on any atom is 0.253 e. The van der Waals surface area contributed by atoms with E-state index in [4.69, 9.17) is 0 Å². The van der Waals surface area contributed by atoms with Gasteiger partial charge in [-0.3, -0.25) is 4.79 Å². The molecule has 8 heteroatoms. The van der Waals surface area contributed by atoms with Crippen molar-refractivity contribution < 1.29 is 13.2 Å². The van der Waals surface area contributed by atoms with Crippen LogP contribution in [0.3, 0.4) is 0 Å². The fourth-order valence-electron chi connectivity index (χ4n) is 2.85. The molecule has 0 aromatic heterocycles. The summed E-state index contributed by atoms with van der Waals surface area (Å²) in [5, 5.41) is 3.21. The Morgan fingerprint density at radius 1 is 1.12 bits per heavy atom.